The highest BCUT2D eigenvalue weighted by Gasteiger charge is 2.33. The van der Waals surface area contributed by atoms with Crippen molar-refractivity contribution in [1.29, 1.82) is 0 Å². The Balaban J connectivity index is 1.82. The predicted molar refractivity (Wildman–Crippen MR) is 84.3 cm³/mol. The van der Waals surface area contributed by atoms with Gasteiger partial charge in [-0.05, 0) is 49.9 Å². The van der Waals surface area contributed by atoms with Crippen molar-refractivity contribution in [2.45, 2.75) is 38.6 Å². The van der Waals surface area contributed by atoms with E-state index in [9.17, 15) is 19.5 Å². The molecule has 0 aliphatic carbocycles. The molecule has 0 radical (unpaired) electrons. The molecule has 0 spiro atoms. The molecule has 2 N–H and O–H groups in total. The van der Waals surface area contributed by atoms with E-state index in [0.717, 1.165) is 11.3 Å². The maximum Gasteiger partial charge on any atom is 0.308 e. The predicted octanol–water partition coefficient (Wildman–Crippen LogP) is 1.90. The summed E-state index contributed by atoms with van der Waals surface area (Å²) in [5, 5.41) is 12.0. The van der Waals surface area contributed by atoms with Crippen LogP contribution in [-0.4, -0.2) is 40.4 Å². The molecular weight excluding hydrogens is 296 g/mol. The summed E-state index contributed by atoms with van der Waals surface area (Å²) in [4.78, 5) is 37.0. The zero-order valence-electron chi connectivity index (χ0n) is 13.0. The Morgan fingerprint density at radius 3 is 2.78 bits per heavy atom. The lowest BCUT2D eigenvalue weighted by Gasteiger charge is -2.36. The second kappa shape index (κ2) is 6.02. The first kappa shape index (κ1) is 15.5. The van der Waals surface area contributed by atoms with Gasteiger partial charge in [0, 0.05) is 30.3 Å². The Morgan fingerprint density at radius 2 is 2.04 bits per heavy atom. The largest absolute Gasteiger partial charge is 0.481 e. The molecule has 2 heterocycles. The molecule has 2 aliphatic heterocycles. The van der Waals surface area contributed by atoms with Gasteiger partial charge in [-0.15, -0.1) is 0 Å². The summed E-state index contributed by atoms with van der Waals surface area (Å²) in [5.41, 5.74) is 2.26. The number of carbonyl (C=O) groups excluding carboxylic acids is 2. The van der Waals surface area contributed by atoms with Gasteiger partial charge in [0.15, 0.2) is 0 Å². The number of anilines is 1. The molecule has 1 aromatic carbocycles. The highest BCUT2D eigenvalue weighted by Crippen LogP contribution is 2.27. The molecule has 1 aromatic rings. The van der Waals surface area contributed by atoms with Crippen LogP contribution in [0.15, 0.2) is 18.2 Å². The number of amides is 2. The number of nitrogens with one attached hydrogen (secondary N) is 1. The van der Waals surface area contributed by atoms with Crippen molar-refractivity contribution in [3.05, 3.63) is 29.3 Å². The fraction of sp³-hybridized carbons (Fsp3) is 0.471. The van der Waals surface area contributed by atoms with Crippen LogP contribution in [0, 0.1) is 5.92 Å². The topological polar surface area (TPSA) is 86.7 Å². The lowest BCUT2D eigenvalue weighted by molar-refractivity contribution is -0.143. The number of carboxylic acid groups (broad SMARTS) is 1. The smallest absolute Gasteiger partial charge is 0.308 e. The highest BCUT2D eigenvalue weighted by atomic mass is 16.4. The number of rotatable bonds is 2. The zero-order chi connectivity index (χ0) is 16.6. The van der Waals surface area contributed by atoms with Gasteiger partial charge in [0.05, 0.1) is 5.92 Å². The minimum absolute atomic E-state index is 0.00877. The Hall–Kier alpha value is -2.37. The average molecular weight is 316 g/mol. The van der Waals surface area contributed by atoms with E-state index in [2.05, 4.69) is 5.32 Å². The summed E-state index contributed by atoms with van der Waals surface area (Å²) >= 11 is 0. The van der Waals surface area contributed by atoms with Crippen molar-refractivity contribution in [2.75, 3.05) is 11.9 Å². The van der Waals surface area contributed by atoms with E-state index in [1.54, 1.807) is 17.0 Å². The molecule has 1 fully saturated rings. The van der Waals surface area contributed by atoms with Crippen LogP contribution < -0.4 is 5.32 Å². The quantitative estimate of drug-likeness (QED) is 0.872. The monoisotopic (exact) mass is 316 g/mol. The number of aliphatic carboxylic acids is 1. The number of aryl methyl sites for hydroxylation is 1. The normalized spacial score (nSPS) is 23.9. The van der Waals surface area contributed by atoms with Crippen molar-refractivity contribution in [1.82, 2.24) is 4.90 Å². The number of hydrogen-bond donors (Lipinski definition) is 2. The minimum atomic E-state index is -0.845. The van der Waals surface area contributed by atoms with E-state index < -0.39 is 11.9 Å². The fourth-order valence-electron chi connectivity index (χ4n) is 3.27. The Bertz CT molecular complexity index is 671. The summed E-state index contributed by atoms with van der Waals surface area (Å²) in [6.07, 6.45) is 2.35. The number of hydrogen-bond acceptors (Lipinski definition) is 3. The number of benzene rings is 1. The van der Waals surface area contributed by atoms with E-state index in [1.165, 1.54) is 0 Å². The van der Waals surface area contributed by atoms with Crippen LogP contribution in [0.25, 0.3) is 0 Å². The van der Waals surface area contributed by atoms with E-state index in [-0.39, 0.29) is 24.4 Å². The number of nitrogens with zero attached hydrogens (tertiary/aromatic N) is 1. The number of carbonyl (C=O) groups is 3. The Kier molecular flexibility index (Phi) is 4.07. The van der Waals surface area contributed by atoms with Crippen molar-refractivity contribution < 1.29 is 19.5 Å². The molecule has 3 rings (SSSR count). The lowest BCUT2D eigenvalue weighted by Crippen LogP contribution is -2.47. The van der Waals surface area contributed by atoms with Crippen LogP contribution in [-0.2, 0) is 16.0 Å². The third-order valence-electron chi connectivity index (χ3n) is 4.74. The molecule has 1 saturated heterocycles. The summed E-state index contributed by atoms with van der Waals surface area (Å²) in [6, 6.07) is 5.30. The third-order valence-corrected chi connectivity index (χ3v) is 4.74. The maximum atomic E-state index is 12.8. The molecule has 2 atom stereocenters. The number of fused-ring (bicyclic) bond motifs is 1. The molecule has 6 heteroatoms. The van der Waals surface area contributed by atoms with E-state index in [4.69, 9.17) is 0 Å². The standard InChI is InChI=1S/C17H20N2O4/c1-10-2-3-13(17(22)23)9-19(10)16(21)12-4-6-14-11(8-12)5-7-15(20)18-14/h4,6,8,10,13H,2-3,5,7,9H2,1H3,(H,18,20)(H,22,23). The van der Waals surface area contributed by atoms with Crippen molar-refractivity contribution in [3.8, 4) is 0 Å². The van der Waals surface area contributed by atoms with E-state index >= 15 is 0 Å². The van der Waals surface area contributed by atoms with Crippen LogP contribution in [0.1, 0.15) is 42.1 Å². The second-order valence-corrected chi connectivity index (χ2v) is 6.34. The summed E-state index contributed by atoms with van der Waals surface area (Å²) < 4.78 is 0. The van der Waals surface area contributed by atoms with Crippen LogP contribution in [0.5, 0.6) is 0 Å². The van der Waals surface area contributed by atoms with Gasteiger partial charge < -0.3 is 15.3 Å². The number of likely N-dealkylation sites (tertiary alicyclic amines) is 1. The van der Waals surface area contributed by atoms with Gasteiger partial charge in [0.2, 0.25) is 5.91 Å². The first-order valence-corrected chi connectivity index (χ1v) is 7.92. The molecular formula is C17H20N2O4. The fourth-order valence-corrected chi connectivity index (χ4v) is 3.27. The molecule has 2 unspecified atom stereocenters. The lowest BCUT2D eigenvalue weighted by atomic mass is 9.92. The maximum absolute atomic E-state index is 12.8. The van der Waals surface area contributed by atoms with Gasteiger partial charge in [-0.1, -0.05) is 0 Å². The number of carboxylic acids is 1. The van der Waals surface area contributed by atoms with Crippen molar-refractivity contribution in [2.24, 2.45) is 5.92 Å². The summed E-state index contributed by atoms with van der Waals surface area (Å²) in [5.74, 6) is -1.48. The first-order chi connectivity index (χ1) is 11.0. The summed E-state index contributed by atoms with van der Waals surface area (Å²) in [6.45, 7) is 2.21. The van der Waals surface area contributed by atoms with Crippen molar-refractivity contribution in [3.63, 3.8) is 0 Å². The van der Waals surface area contributed by atoms with Crippen LogP contribution in [0.4, 0.5) is 5.69 Å². The van der Waals surface area contributed by atoms with Crippen molar-refractivity contribution >= 4 is 23.5 Å². The van der Waals surface area contributed by atoms with E-state index in [0.29, 0.717) is 31.2 Å². The van der Waals surface area contributed by atoms with Crippen LogP contribution in [0.2, 0.25) is 0 Å². The van der Waals surface area contributed by atoms with E-state index in [1.807, 2.05) is 13.0 Å². The number of piperidine rings is 1. The molecule has 0 aromatic heterocycles. The van der Waals surface area contributed by atoms with Crippen LogP contribution in [0.3, 0.4) is 0 Å². The third kappa shape index (κ3) is 3.06. The van der Waals surface area contributed by atoms with Gasteiger partial charge in [-0.3, -0.25) is 14.4 Å². The SMILES string of the molecule is CC1CCC(C(=O)O)CN1C(=O)c1ccc2c(c1)CCC(=O)N2. The Labute approximate surface area is 134 Å². The molecule has 0 saturated carbocycles. The minimum Gasteiger partial charge on any atom is -0.481 e. The van der Waals surface area contributed by atoms with Gasteiger partial charge in [0.25, 0.3) is 5.91 Å². The Morgan fingerprint density at radius 1 is 1.26 bits per heavy atom. The average Bonchev–Trinajstić information content (AvgIpc) is 2.54. The molecule has 122 valence electrons. The zero-order valence-corrected chi connectivity index (χ0v) is 13.0. The molecule has 2 amide bonds. The van der Waals surface area contributed by atoms with Crippen LogP contribution >= 0.6 is 0 Å². The summed E-state index contributed by atoms with van der Waals surface area (Å²) in [7, 11) is 0. The molecule has 23 heavy (non-hydrogen) atoms. The molecule has 2 aliphatic rings. The molecule has 0 bridgehead atoms. The van der Waals surface area contributed by atoms with Gasteiger partial charge >= 0.3 is 5.97 Å². The highest BCUT2D eigenvalue weighted by molar-refractivity contribution is 5.98. The first-order valence-electron chi connectivity index (χ1n) is 7.92. The second-order valence-electron chi connectivity index (χ2n) is 6.34. The molecule has 6 nitrogen and oxygen atoms in total. The van der Waals surface area contributed by atoms with Gasteiger partial charge in [-0.25, -0.2) is 0 Å². The van der Waals surface area contributed by atoms with Gasteiger partial charge in [0.1, 0.15) is 0 Å². The van der Waals surface area contributed by atoms with Gasteiger partial charge in [-0.2, -0.15) is 0 Å².